The predicted molar refractivity (Wildman–Crippen MR) is 192 cm³/mol. The van der Waals surface area contributed by atoms with Crippen molar-refractivity contribution in [3.8, 4) is 22.9 Å². The van der Waals surface area contributed by atoms with Gasteiger partial charge in [0, 0.05) is 42.7 Å². The number of rotatable bonds is 8. The summed E-state index contributed by atoms with van der Waals surface area (Å²) in [7, 11) is 1.47. The highest BCUT2D eigenvalue weighted by molar-refractivity contribution is 6.33. The SMILES string of the molecule is CCc1c(N2CCN(C(=O)c3ncnc(C)c3O)[C@H]3CC[C@@H]32)c(=O)c2nc(-c3ccnc(OC)c3)cnc2n1CC(=O)Nc1ccc(C(F)(F)F)cc1Cl. The normalized spacial score (nSPS) is 16.9. The highest BCUT2D eigenvalue weighted by Gasteiger charge is 2.47. The summed E-state index contributed by atoms with van der Waals surface area (Å²) in [6.45, 7) is 3.47. The van der Waals surface area contributed by atoms with Crippen molar-refractivity contribution in [1.29, 1.82) is 0 Å². The lowest BCUT2D eigenvalue weighted by molar-refractivity contribution is -0.137. The number of nitrogens with zero attached hydrogens (tertiary/aromatic N) is 8. The number of piperazine rings is 1. The minimum Gasteiger partial charge on any atom is -0.504 e. The molecule has 2 amide bonds. The number of hydrogen-bond acceptors (Lipinski definition) is 11. The summed E-state index contributed by atoms with van der Waals surface area (Å²) in [6.07, 6.45) is 1.17. The van der Waals surface area contributed by atoms with Gasteiger partial charge in [-0.2, -0.15) is 13.2 Å². The van der Waals surface area contributed by atoms with E-state index in [0.717, 1.165) is 18.2 Å². The summed E-state index contributed by atoms with van der Waals surface area (Å²) in [4.78, 5) is 67.1. The van der Waals surface area contributed by atoms with E-state index in [2.05, 4.69) is 25.3 Å². The average molecular weight is 764 g/mol. The first kappa shape index (κ1) is 36.5. The summed E-state index contributed by atoms with van der Waals surface area (Å²) in [6, 6.07) is 5.37. The Bertz CT molecular complexity index is 2370. The van der Waals surface area contributed by atoms with Crippen LogP contribution in [0.3, 0.4) is 0 Å². The Morgan fingerprint density at radius 1 is 1.07 bits per heavy atom. The summed E-state index contributed by atoms with van der Waals surface area (Å²) < 4.78 is 46.7. The van der Waals surface area contributed by atoms with Crippen molar-refractivity contribution in [2.45, 2.75) is 57.9 Å². The zero-order valence-electron chi connectivity index (χ0n) is 29.2. The average Bonchev–Trinajstić information content (AvgIpc) is 3.14. The lowest BCUT2D eigenvalue weighted by atomic mass is 9.81. The number of aryl methyl sites for hydroxylation is 1. The number of anilines is 2. The fourth-order valence-electron chi connectivity index (χ4n) is 7.03. The predicted octanol–water partition coefficient (Wildman–Crippen LogP) is 5.03. The molecule has 0 spiro atoms. The summed E-state index contributed by atoms with van der Waals surface area (Å²) in [5.74, 6) is -1.05. The monoisotopic (exact) mass is 763 g/mol. The van der Waals surface area contributed by atoms with Gasteiger partial charge in [-0.15, -0.1) is 0 Å². The lowest BCUT2D eigenvalue weighted by Crippen LogP contribution is -2.67. The van der Waals surface area contributed by atoms with E-state index in [1.54, 1.807) is 28.5 Å². The summed E-state index contributed by atoms with van der Waals surface area (Å²) >= 11 is 6.15. The van der Waals surface area contributed by atoms with E-state index in [1.807, 2.05) is 11.8 Å². The number of aromatic nitrogens is 6. The zero-order chi connectivity index (χ0) is 38.5. The maximum Gasteiger partial charge on any atom is 0.416 e. The zero-order valence-corrected chi connectivity index (χ0v) is 29.9. The van der Waals surface area contributed by atoms with Crippen LogP contribution in [-0.2, 0) is 23.9 Å². The second-order valence-electron chi connectivity index (χ2n) is 12.9. The maximum atomic E-state index is 14.7. The lowest BCUT2D eigenvalue weighted by Gasteiger charge is -2.54. The largest absolute Gasteiger partial charge is 0.504 e. The fourth-order valence-corrected chi connectivity index (χ4v) is 7.26. The number of carbonyl (C=O) groups is 2. The Hall–Kier alpha value is -5.84. The van der Waals surface area contributed by atoms with Gasteiger partial charge >= 0.3 is 6.18 Å². The Morgan fingerprint density at radius 2 is 1.85 bits per heavy atom. The molecule has 1 saturated carbocycles. The number of nitrogens with one attached hydrogen (secondary N) is 1. The van der Waals surface area contributed by atoms with Crippen LogP contribution in [0.4, 0.5) is 24.5 Å². The van der Waals surface area contributed by atoms with Crippen LogP contribution in [0.5, 0.6) is 11.6 Å². The van der Waals surface area contributed by atoms with Crippen molar-refractivity contribution in [3.05, 3.63) is 86.9 Å². The smallest absolute Gasteiger partial charge is 0.416 e. The van der Waals surface area contributed by atoms with Crippen LogP contribution < -0.4 is 20.4 Å². The number of fused-ring (bicyclic) bond motifs is 2. The van der Waals surface area contributed by atoms with Gasteiger partial charge in [0.1, 0.15) is 18.6 Å². The molecule has 2 aliphatic rings. The number of alkyl halides is 3. The second kappa shape index (κ2) is 14.2. The first-order valence-corrected chi connectivity index (χ1v) is 17.4. The standard InChI is InChI=1S/C36H33ClF3N9O5/c1-4-24-31(47-11-12-48(26-8-7-25(26)47)35(53)30-32(51)18(2)43-17-44-30)33(52)29-34(42-15-23(46-29)19-9-10-41-28(13-19)54-3)49(24)16-27(50)45-22-6-5-20(14-21(22)37)36(38,39)40/h5-6,9-10,13-15,17,25-26,51H,4,7-8,11-12,16H2,1-3H3,(H,45,50)/t25-,26-/m0/s1. The van der Waals surface area contributed by atoms with Crippen molar-refractivity contribution < 1.29 is 32.6 Å². The number of carbonyl (C=O) groups excluding carboxylic acids is 2. The Balaban J connectivity index is 1.30. The molecule has 2 atom stereocenters. The second-order valence-corrected chi connectivity index (χ2v) is 13.3. The van der Waals surface area contributed by atoms with Gasteiger partial charge in [0.15, 0.2) is 22.6 Å². The third kappa shape index (κ3) is 6.52. The highest BCUT2D eigenvalue weighted by atomic mass is 35.5. The minimum atomic E-state index is -4.62. The van der Waals surface area contributed by atoms with Gasteiger partial charge in [-0.3, -0.25) is 14.4 Å². The van der Waals surface area contributed by atoms with Crippen LogP contribution >= 0.6 is 11.6 Å². The number of aromatic hydroxyl groups is 1. The molecule has 0 bridgehead atoms. The van der Waals surface area contributed by atoms with Gasteiger partial charge in [0.25, 0.3) is 5.91 Å². The first-order valence-electron chi connectivity index (χ1n) is 17.0. The molecule has 1 aliphatic carbocycles. The number of ether oxygens (including phenoxy) is 1. The number of pyridine rings is 2. The Labute approximate surface area is 310 Å². The topological polar surface area (TPSA) is 169 Å². The minimum absolute atomic E-state index is 0.0217. The molecule has 14 nitrogen and oxygen atoms in total. The van der Waals surface area contributed by atoms with Gasteiger partial charge in [-0.25, -0.2) is 24.9 Å². The van der Waals surface area contributed by atoms with E-state index in [1.165, 1.54) is 25.8 Å². The van der Waals surface area contributed by atoms with Crippen molar-refractivity contribution >= 4 is 46.0 Å². The van der Waals surface area contributed by atoms with Crippen LogP contribution in [0.1, 0.15) is 47.2 Å². The molecule has 1 saturated heterocycles. The highest BCUT2D eigenvalue weighted by Crippen LogP contribution is 2.39. The van der Waals surface area contributed by atoms with Gasteiger partial charge in [-0.05, 0) is 50.5 Å². The molecule has 5 aromatic rings. The molecule has 4 aromatic heterocycles. The third-order valence-corrected chi connectivity index (χ3v) is 10.1. The number of halogens is 4. The summed E-state index contributed by atoms with van der Waals surface area (Å²) in [5.41, 5.74) is 0.556. The molecule has 0 radical (unpaired) electrons. The fraction of sp³-hybridized carbons (Fsp3) is 0.333. The van der Waals surface area contributed by atoms with E-state index < -0.39 is 29.0 Å². The molecular weight excluding hydrogens is 731 g/mol. The van der Waals surface area contributed by atoms with Crippen LogP contribution in [-0.4, -0.2) is 83.6 Å². The number of methoxy groups -OCH3 is 1. The number of benzene rings is 1. The van der Waals surface area contributed by atoms with Crippen molar-refractivity contribution in [2.75, 3.05) is 30.4 Å². The van der Waals surface area contributed by atoms with Gasteiger partial charge < -0.3 is 29.5 Å². The molecular formula is C36H33ClF3N9O5. The quantitative estimate of drug-likeness (QED) is 0.217. The van der Waals surface area contributed by atoms with E-state index in [-0.39, 0.29) is 77.2 Å². The molecule has 0 unspecified atom stereocenters. The van der Waals surface area contributed by atoms with Crippen molar-refractivity contribution in [3.63, 3.8) is 0 Å². The van der Waals surface area contributed by atoms with Crippen LogP contribution in [0, 0.1) is 6.92 Å². The molecule has 18 heteroatoms. The van der Waals surface area contributed by atoms with Crippen LogP contribution in [0.2, 0.25) is 5.02 Å². The maximum absolute atomic E-state index is 14.7. The van der Waals surface area contributed by atoms with E-state index in [0.29, 0.717) is 41.4 Å². The van der Waals surface area contributed by atoms with Crippen LogP contribution in [0.25, 0.3) is 22.4 Å². The molecule has 5 heterocycles. The Morgan fingerprint density at radius 3 is 2.54 bits per heavy atom. The Kier molecular flexibility index (Phi) is 9.59. The molecule has 280 valence electrons. The number of amides is 2. The first-order chi connectivity index (χ1) is 25.8. The van der Waals surface area contributed by atoms with E-state index in [9.17, 15) is 32.7 Å². The van der Waals surface area contributed by atoms with E-state index >= 15 is 0 Å². The van der Waals surface area contributed by atoms with E-state index in [4.69, 9.17) is 21.3 Å². The van der Waals surface area contributed by atoms with Crippen LogP contribution in [0.15, 0.2) is 53.8 Å². The number of hydrogen-bond donors (Lipinski definition) is 2. The molecule has 1 aliphatic heterocycles. The molecule has 2 N–H and O–H groups in total. The molecule has 1 aromatic carbocycles. The third-order valence-electron chi connectivity index (χ3n) is 9.83. The van der Waals surface area contributed by atoms with Gasteiger partial charge in [0.05, 0.1) is 47.0 Å². The van der Waals surface area contributed by atoms with Gasteiger partial charge in [-0.1, -0.05) is 18.5 Å². The summed E-state index contributed by atoms with van der Waals surface area (Å²) in [5, 5.41) is 12.8. The molecule has 54 heavy (non-hydrogen) atoms. The molecule has 7 rings (SSSR count). The molecule has 2 fully saturated rings. The van der Waals surface area contributed by atoms with Crippen molar-refractivity contribution in [2.24, 2.45) is 0 Å². The van der Waals surface area contributed by atoms with Crippen molar-refractivity contribution in [1.82, 2.24) is 34.4 Å². The van der Waals surface area contributed by atoms with Gasteiger partial charge in [0.2, 0.25) is 17.2 Å².